The fraction of sp³-hybridized carbons (Fsp3) is 0.957. The summed E-state index contributed by atoms with van der Waals surface area (Å²) in [6.45, 7) is 8.95. The Bertz CT molecular complexity index is 602. The smallest absolute Gasteiger partial charge is 0.116 e. The Balaban J connectivity index is 1.49. The predicted octanol–water partition coefficient (Wildman–Crippen LogP) is 3.98. The van der Waals surface area contributed by atoms with Crippen LogP contribution in [0, 0.1) is 46.3 Å². The van der Waals surface area contributed by atoms with E-state index in [-0.39, 0.29) is 17.4 Å². The van der Waals surface area contributed by atoms with Crippen LogP contribution in [0.15, 0.2) is 0 Å². The molecule has 0 spiro atoms. The van der Waals surface area contributed by atoms with Gasteiger partial charge >= 0.3 is 0 Å². The van der Waals surface area contributed by atoms with Crippen LogP contribution in [0.4, 0.5) is 4.39 Å². The van der Waals surface area contributed by atoms with Gasteiger partial charge in [-0.25, -0.2) is 4.39 Å². The Morgan fingerprint density at radius 1 is 1.24 bits per heavy atom. The van der Waals surface area contributed by atoms with E-state index in [4.69, 9.17) is 5.73 Å². The lowest BCUT2D eigenvalue weighted by atomic mass is 9.61. The number of hydrogen-bond acceptors (Lipinski definition) is 5. The summed E-state index contributed by atoms with van der Waals surface area (Å²) in [5.74, 6) is 2.06. The fourth-order valence-electron chi connectivity index (χ4n) is 6.82. The van der Waals surface area contributed by atoms with E-state index in [0.717, 1.165) is 39.0 Å². The van der Waals surface area contributed by atoms with Gasteiger partial charge in [-0.15, -0.1) is 0 Å². The summed E-state index contributed by atoms with van der Waals surface area (Å²) in [6.07, 6.45) is 6.54. The summed E-state index contributed by atoms with van der Waals surface area (Å²) < 4.78 is 18.2. The molecule has 2 heterocycles. The molecule has 8 atom stereocenters. The predicted molar refractivity (Wildman–Crippen MR) is 118 cm³/mol. The molecule has 164 valence electrons. The van der Waals surface area contributed by atoms with Crippen LogP contribution in [-0.4, -0.2) is 48.5 Å². The van der Waals surface area contributed by atoms with Gasteiger partial charge in [0.1, 0.15) is 6.17 Å². The van der Waals surface area contributed by atoms with Crippen molar-refractivity contribution < 1.29 is 4.39 Å². The Morgan fingerprint density at radius 2 is 2.07 bits per heavy atom. The van der Waals surface area contributed by atoms with Crippen molar-refractivity contribution in [3.63, 3.8) is 0 Å². The largest absolute Gasteiger partial charge is 0.326 e. The van der Waals surface area contributed by atoms with Gasteiger partial charge in [-0.3, -0.25) is 4.72 Å². The molecule has 0 amide bonds. The lowest BCUT2D eigenvalue weighted by Crippen LogP contribution is -2.45. The molecule has 2 aliphatic heterocycles. The third-order valence-electron chi connectivity index (χ3n) is 8.51. The van der Waals surface area contributed by atoms with Crippen molar-refractivity contribution in [2.45, 2.75) is 76.3 Å². The van der Waals surface area contributed by atoms with Gasteiger partial charge in [0.05, 0.1) is 12.0 Å². The minimum Gasteiger partial charge on any atom is -0.326 e. The molecule has 4 aliphatic rings. The van der Waals surface area contributed by atoms with Gasteiger partial charge in [-0.1, -0.05) is 32.2 Å². The van der Waals surface area contributed by atoms with Gasteiger partial charge in [-0.2, -0.15) is 5.26 Å². The first-order valence-corrected chi connectivity index (χ1v) is 12.7. The maximum absolute atomic E-state index is 14.6. The van der Waals surface area contributed by atoms with Gasteiger partial charge in [-0.05, 0) is 67.6 Å². The number of nitriles is 1. The van der Waals surface area contributed by atoms with Gasteiger partial charge in [0.25, 0.3) is 0 Å². The maximum atomic E-state index is 14.6. The van der Waals surface area contributed by atoms with E-state index in [1.807, 2.05) is 11.9 Å². The molecule has 0 aromatic heterocycles. The molecule has 3 N–H and O–H groups in total. The van der Waals surface area contributed by atoms with Crippen molar-refractivity contribution in [3.05, 3.63) is 0 Å². The Morgan fingerprint density at radius 3 is 2.69 bits per heavy atom. The highest BCUT2D eigenvalue weighted by Crippen LogP contribution is 2.50. The van der Waals surface area contributed by atoms with E-state index in [1.54, 1.807) is 0 Å². The molecule has 8 unspecified atom stereocenters. The lowest BCUT2D eigenvalue weighted by molar-refractivity contribution is 0.0333. The molecule has 0 radical (unpaired) electrons. The molecule has 2 saturated carbocycles. The van der Waals surface area contributed by atoms with Crippen molar-refractivity contribution in [2.24, 2.45) is 40.7 Å². The SMILES string of the molecule is CC1(C)CN(CC2CCCC(C3CCC(C#N)C(F)C3)C2C2CCNS2)CC1N. The first-order valence-electron chi connectivity index (χ1n) is 11.8. The summed E-state index contributed by atoms with van der Waals surface area (Å²) in [5, 5.41) is 9.88. The Labute approximate surface area is 180 Å². The van der Waals surface area contributed by atoms with Gasteiger partial charge in [0.15, 0.2) is 0 Å². The quantitative estimate of drug-likeness (QED) is 0.671. The second-order valence-corrected chi connectivity index (χ2v) is 12.0. The van der Waals surface area contributed by atoms with Crippen molar-refractivity contribution in [3.8, 4) is 6.07 Å². The molecule has 29 heavy (non-hydrogen) atoms. The highest BCUT2D eigenvalue weighted by molar-refractivity contribution is 7.98. The van der Waals surface area contributed by atoms with E-state index in [9.17, 15) is 9.65 Å². The number of nitrogens with zero attached hydrogens (tertiary/aromatic N) is 2. The van der Waals surface area contributed by atoms with Gasteiger partial charge in [0.2, 0.25) is 0 Å². The zero-order chi connectivity index (χ0) is 20.6. The summed E-state index contributed by atoms with van der Waals surface area (Å²) in [5.41, 5.74) is 6.63. The first-order chi connectivity index (χ1) is 13.9. The Kier molecular flexibility index (Phi) is 6.80. The summed E-state index contributed by atoms with van der Waals surface area (Å²) in [4.78, 5) is 2.61. The molecule has 4 rings (SSSR count). The van der Waals surface area contributed by atoms with Crippen LogP contribution in [0.25, 0.3) is 0 Å². The second-order valence-electron chi connectivity index (χ2n) is 10.9. The average Bonchev–Trinajstić information content (AvgIpc) is 3.29. The van der Waals surface area contributed by atoms with Crippen LogP contribution in [0.2, 0.25) is 0 Å². The molecular formula is C23H39FN4S. The van der Waals surface area contributed by atoms with Crippen LogP contribution in [-0.2, 0) is 0 Å². The third-order valence-corrected chi connectivity index (χ3v) is 9.74. The number of rotatable bonds is 4. The molecule has 6 heteroatoms. The molecule has 2 saturated heterocycles. The van der Waals surface area contributed by atoms with Crippen LogP contribution in [0.3, 0.4) is 0 Å². The van der Waals surface area contributed by atoms with E-state index in [0.29, 0.717) is 35.3 Å². The lowest BCUT2D eigenvalue weighted by Gasteiger charge is -2.47. The number of hydrogen-bond donors (Lipinski definition) is 2. The first kappa shape index (κ1) is 21.9. The average molecular weight is 423 g/mol. The van der Waals surface area contributed by atoms with E-state index < -0.39 is 6.17 Å². The van der Waals surface area contributed by atoms with Crippen molar-refractivity contribution in [1.29, 1.82) is 5.26 Å². The molecular weight excluding hydrogens is 383 g/mol. The molecule has 0 aromatic rings. The number of nitrogens with one attached hydrogen (secondary N) is 1. The Hall–Kier alpha value is -0.350. The van der Waals surface area contributed by atoms with E-state index in [2.05, 4.69) is 29.5 Å². The third kappa shape index (κ3) is 4.63. The number of alkyl halides is 1. The summed E-state index contributed by atoms with van der Waals surface area (Å²) in [6, 6.07) is 2.47. The van der Waals surface area contributed by atoms with Crippen LogP contribution in [0.5, 0.6) is 0 Å². The van der Waals surface area contributed by atoms with Gasteiger partial charge in [0, 0.05) is 37.5 Å². The highest BCUT2D eigenvalue weighted by Gasteiger charge is 2.47. The summed E-state index contributed by atoms with van der Waals surface area (Å²) in [7, 11) is 0. The normalized spacial score (nSPS) is 45.9. The minimum atomic E-state index is -0.925. The monoisotopic (exact) mass is 422 g/mol. The van der Waals surface area contributed by atoms with Crippen LogP contribution < -0.4 is 10.5 Å². The van der Waals surface area contributed by atoms with Crippen molar-refractivity contribution in [2.75, 3.05) is 26.2 Å². The molecule has 0 bridgehead atoms. The molecule has 2 aliphatic carbocycles. The fourth-order valence-corrected chi connectivity index (χ4v) is 8.09. The van der Waals surface area contributed by atoms with E-state index in [1.165, 1.54) is 25.7 Å². The zero-order valence-electron chi connectivity index (χ0n) is 18.2. The van der Waals surface area contributed by atoms with Crippen molar-refractivity contribution in [1.82, 2.24) is 9.62 Å². The number of halogens is 1. The minimum absolute atomic E-state index is 0.199. The van der Waals surface area contributed by atoms with E-state index >= 15 is 0 Å². The number of nitrogens with two attached hydrogens (primary N) is 1. The van der Waals surface area contributed by atoms with Crippen molar-refractivity contribution >= 4 is 11.9 Å². The van der Waals surface area contributed by atoms with Gasteiger partial charge < -0.3 is 10.6 Å². The second kappa shape index (κ2) is 9.02. The zero-order valence-corrected chi connectivity index (χ0v) is 19.0. The maximum Gasteiger partial charge on any atom is 0.116 e. The highest BCUT2D eigenvalue weighted by atomic mass is 32.2. The molecule has 4 fully saturated rings. The summed E-state index contributed by atoms with van der Waals surface area (Å²) >= 11 is 1.95. The molecule has 0 aromatic carbocycles. The number of likely N-dealkylation sites (tertiary alicyclic amines) is 1. The van der Waals surface area contributed by atoms with Crippen LogP contribution in [0.1, 0.15) is 58.8 Å². The topological polar surface area (TPSA) is 65.1 Å². The standard InChI is InChI=1S/C23H39FN4S/c1-23(2)14-28(13-21(23)26)12-17-4-3-5-18(22(17)20-8-9-27-29-20)15-6-7-16(11-25)19(24)10-15/h15-22,27H,3-10,12-14,26H2,1-2H3. The van der Waals surface area contributed by atoms with Crippen LogP contribution >= 0.6 is 11.9 Å². The molecule has 4 nitrogen and oxygen atoms in total.